The third-order valence-corrected chi connectivity index (χ3v) is 4.52. The maximum Gasteiger partial charge on any atom is 0.0597 e. The summed E-state index contributed by atoms with van der Waals surface area (Å²) in [5, 5.41) is 0. The van der Waals surface area contributed by atoms with Crippen molar-refractivity contribution in [2.45, 2.75) is 98.4 Å². The molecule has 0 radical (unpaired) electrons. The molecule has 0 amide bonds. The lowest BCUT2D eigenvalue weighted by atomic mass is 10.2. The van der Waals surface area contributed by atoms with Gasteiger partial charge in [-0.1, -0.05) is 40.0 Å². The van der Waals surface area contributed by atoms with Crippen molar-refractivity contribution in [3.63, 3.8) is 0 Å². The lowest BCUT2D eigenvalue weighted by Crippen LogP contribution is -2.35. The van der Waals surface area contributed by atoms with Crippen molar-refractivity contribution in [2.75, 3.05) is 39.5 Å². The third-order valence-electron chi connectivity index (χ3n) is 4.52. The maximum atomic E-state index is 5.92. The Morgan fingerprint density at radius 3 is 1.08 bits per heavy atom. The first-order valence-electron chi connectivity index (χ1n) is 10.6. The minimum atomic E-state index is 0.355. The van der Waals surface area contributed by atoms with Gasteiger partial charge in [0.15, 0.2) is 0 Å². The van der Waals surface area contributed by atoms with E-state index in [0.717, 1.165) is 58.7 Å². The topological polar surface area (TPSA) is 30.9 Å². The maximum absolute atomic E-state index is 5.92. The SMILES string of the molecule is CCCC(C)OCCN(CCOC(C)CCC)CCOC(C)CCC. The third kappa shape index (κ3) is 15.8. The van der Waals surface area contributed by atoms with E-state index in [1.165, 1.54) is 19.3 Å². The van der Waals surface area contributed by atoms with Crippen LogP contribution in [-0.4, -0.2) is 62.7 Å². The minimum absolute atomic E-state index is 0.355. The molecular weight excluding hydrogens is 314 g/mol. The Kier molecular flexibility index (Phi) is 17.2. The van der Waals surface area contributed by atoms with Gasteiger partial charge in [0.25, 0.3) is 0 Å². The molecule has 0 rings (SSSR count). The summed E-state index contributed by atoms with van der Waals surface area (Å²) in [6.45, 7) is 18.3. The van der Waals surface area contributed by atoms with Crippen LogP contribution in [0.3, 0.4) is 0 Å². The molecule has 4 heteroatoms. The first-order chi connectivity index (χ1) is 12.0. The van der Waals surface area contributed by atoms with Crippen molar-refractivity contribution in [3.05, 3.63) is 0 Å². The normalized spacial score (nSPS) is 15.5. The second-order valence-corrected chi connectivity index (χ2v) is 7.25. The Morgan fingerprint density at radius 1 is 0.560 bits per heavy atom. The molecule has 3 atom stereocenters. The van der Waals surface area contributed by atoms with E-state index in [-0.39, 0.29) is 0 Å². The van der Waals surface area contributed by atoms with E-state index in [2.05, 4.69) is 46.4 Å². The van der Waals surface area contributed by atoms with Crippen LogP contribution in [0, 0.1) is 0 Å². The van der Waals surface area contributed by atoms with E-state index in [1.54, 1.807) is 0 Å². The van der Waals surface area contributed by atoms with Gasteiger partial charge in [0.1, 0.15) is 0 Å². The van der Waals surface area contributed by atoms with Crippen LogP contribution in [0.2, 0.25) is 0 Å². The van der Waals surface area contributed by atoms with Crippen LogP contribution in [0.25, 0.3) is 0 Å². The molecule has 0 aliphatic carbocycles. The van der Waals surface area contributed by atoms with Crippen LogP contribution in [0.15, 0.2) is 0 Å². The van der Waals surface area contributed by atoms with Gasteiger partial charge in [-0.25, -0.2) is 0 Å². The quantitative estimate of drug-likeness (QED) is 0.348. The Labute approximate surface area is 157 Å². The van der Waals surface area contributed by atoms with Crippen LogP contribution in [0.5, 0.6) is 0 Å². The van der Waals surface area contributed by atoms with Gasteiger partial charge in [-0.3, -0.25) is 4.90 Å². The minimum Gasteiger partial charge on any atom is -0.377 e. The van der Waals surface area contributed by atoms with Crippen molar-refractivity contribution in [2.24, 2.45) is 0 Å². The molecular formula is C21H45NO3. The highest BCUT2D eigenvalue weighted by Crippen LogP contribution is 2.04. The van der Waals surface area contributed by atoms with Crippen molar-refractivity contribution >= 4 is 0 Å². The molecule has 0 aromatic rings. The average molecular weight is 360 g/mol. The zero-order valence-electron chi connectivity index (χ0n) is 17.9. The number of rotatable bonds is 18. The average Bonchev–Trinajstić information content (AvgIpc) is 2.55. The van der Waals surface area contributed by atoms with E-state index < -0.39 is 0 Å². The molecule has 0 spiro atoms. The van der Waals surface area contributed by atoms with Gasteiger partial charge in [-0.15, -0.1) is 0 Å². The number of hydrogen-bond acceptors (Lipinski definition) is 4. The Balaban J connectivity index is 4.11. The summed E-state index contributed by atoms with van der Waals surface area (Å²) in [6, 6.07) is 0. The summed E-state index contributed by atoms with van der Waals surface area (Å²) in [5.41, 5.74) is 0. The molecule has 0 aromatic carbocycles. The molecule has 0 heterocycles. The van der Waals surface area contributed by atoms with Crippen molar-refractivity contribution < 1.29 is 14.2 Å². The zero-order chi connectivity index (χ0) is 18.9. The first kappa shape index (κ1) is 24.8. The largest absolute Gasteiger partial charge is 0.377 e. The van der Waals surface area contributed by atoms with Crippen LogP contribution in [0.4, 0.5) is 0 Å². The summed E-state index contributed by atoms with van der Waals surface area (Å²) in [4.78, 5) is 2.41. The highest BCUT2D eigenvalue weighted by atomic mass is 16.5. The van der Waals surface area contributed by atoms with E-state index in [4.69, 9.17) is 14.2 Å². The lowest BCUT2D eigenvalue weighted by Gasteiger charge is -2.25. The molecule has 152 valence electrons. The van der Waals surface area contributed by atoms with Crippen LogP contribution in [0.1, 0.15) is 80.1 Å². The highest BCUT2D eigenvalue weighted by Gasteiger charge is 2.09. The van der Waals surface area contributed by atoms with Crippen LogP contribution >= 0.6 is 0 Å². The fourth-order valence-corrected chi connectivity index (χ4v) is 2.95. The molecule has 4 nitrogen and oxygen atoms in total. The second-order valence-electron chi connectivity index (χ2n) is 7.25. The van der Waals surface area contributed by atoms with Crippen LogP contribution < -0.4 is 0 Å². The van der Waals surface area contributed by atoms with Gasteiger partial charge in [-0.2, -0.15) is 0 Å². The predicted octanol–water partition coefficient (Wildman–Crippen LogP) is 4.90. The molecule has 0 bridgehead atoms. The van der Waals surface area contributed by atoms with E-state index in [9.17, 15) is 0 Å². The van der Waals surface area contributed by atoms with Gasteiger partial charge in [0.2, 0.25) is 0 Å². The van der Waals surface area contributed by atoms with Gasteiger partial charge in [-0.05, 0) is 40.0 Å². The van der Waals surface area contributed by atoms with Gasteiger partial charge >= 0.3 is 0 Å². The van der Waals surface area contributed by atoms with Crippen molar-refractivity contribution in [3.8, 4) is 0 Å². The highest BCUT2D eigenvalue weighted by molar-refractivity contribution is 4.60. The lowest BCUT2D eigenvalue weighted by molar-refractivity contribution is 0.00305. The molecule has 0 aliphatic heterocycles. The smallest absolute Gasteiger partial charge is 0.0597 e. The number of ether oxygens (including phenoxy) is 3. The summed E-state index contributed by atoms with van der Waals surface area (Å²) in [5.74, 6) is 0. The van der Waals surface area contributed by atoms with Gasteiger partial charge in [0, 0.05) is 19.6 Å². The van der Waals surface area contributed by atoms with E-state index in [1.807, 2.05) is 0 Å². The molecule has 3 unspecified atom stereocenters. The van der Waals surface area contributed by atoms with Gasteiger partial charge < -0.3 is 14.2 Å². The molecule has 0 saturated carbocycles. The number of nitrogens with zero attached hydrogens (tertiary/aromatic N) is 1. The number of hydrogen-bond donors (Lipinski definition) is 0. The second kappa shape index (κ2) is 17.3. The first-order valence-corrected chi connectivity index (χ1v) is 10.6. The van der Waals surface area contributed by atoms with E-state index >= 15 is 0 Å². The predicted molar refractivity (Wildman–Crippen MR) is 107 cm³/mol. The Bertz CT molecular complexity index is 233. The standard InChI is InChI=1S/C21H45NO3/c1-7-10-19(4)23-16-13-22(14-17-24-20(5)11-8-2)15-18-25-21(6)12-9-3/h19-21H,7-18H2,1-6H3. The van der Waals surface area contributed by atoms with Crippen molar-refractivity contribution in [1.82, 2.24) is 4.90 Å². The van der Waals surface area contributed by atoms with Crippen LogP contribution in [-0.2, 0) is 14.2 Å². The molecule has 0 saturated heterocycles. The summed E-state index contributed by atoms with van der Waals surface area (Å²) in [7, 11) is 0. The monoisotopic (exact) mass is 359 g/mol. The Hall–Kier alpha value is -0.160. The van der Waals surface area contributed by atoms with Crippen molar-refractivity contribution in [1.29, 1.82) is 0 Å². The van der Waals surface area contributed by atoms with E-state index in [0.29, 0.717) is 18.3 Å². The summed E-state index contributed by atoms with van der Waals surface area (Å²) >= 11 is 0. The molecule has 0 aliphatic rings. The fraction of sp³-hybridized carbons (Fsp3) is 1.00. The molecule has 0 aromatic heterocycles. The molecule has 0 N–H and O–H groups in total. The molecule has 25 heavy (non-hydrogen) atoms. The van der Waals surface area contributed by atoms with Gasteiger partial charge in [0.05, 0.1) is 38.1 Å². The summed E-state index contributed by atoms with van der Waals surface area (Å²) < 4.78 is 17.8. The zero-order valence-corrected chi connectivity index (χ0v) is 17.9. The summed E-state index contributed by atoms with van der Waals surface area (Å²) in [6.07, 6.45) is 8.00. The fourth-order valence-electron chi connectivity index (χ4n) is 2.95. The Morgan fingerprint density at radius 2 is 0.840 bits per heavy atom. The molecule has 0 fully saturated rings.